The molecule has 0 spiro atoms. The lowest BCUT2D eigenvalue weighted by Crippen LogP contribution is -2.35. The maximum Gasteiger partial charge on any atom is 0.142 e. The molecule has 3 nitrogen and oxygen atoms in total. The van der Waals surface area contributed by atoms with Gasteiger partial charge in [0.05, 0.1) is 24.3 Å². The number of ether oxygens (including phenoxy) is 1. The highest BCUT2D eigenvalue weighted by molar-refractivity contribution is 6.30. The summed E-state index contributed by atoms with van der Waals surface area (Å²) in [7, 11) is 1.61. The summed E-state index contributed by atoms with van der Waals surface area (Å²) in [4.78, 5) is 0. The van der Waals surface area contributed by atoms with Crippen LogP contribution in [-0.4, -0.2) is 31.5 Å². The number of methoxy groups -OCH3 is 1. The van der Waals surface area contributed by atoms with E-state index in [1.165, 1.54) is 12.1 Å². The second-order valence-electron chi connectivity index (χ2n) is 3.93. The predicted octanol–water partition coefficient (Wildman–Crippen LogP) is 2.14. The first-order chi connectivity index (χ1) is 8.08. The van der Waals surface area contributed by atoms with E-state index in [1.54, 1.807) is 13.2 Å². The average Bonchev–Trinajstić information content (AvgIpc) is 2.30. The SMILES string of the molecule is COC[C@@H](C)N[C@@H](CO)c1ccc(Cl)c(F)c1. The molecular weight excluding hydrogens is 245 g/mol. The van der Waals surface area contributed by atoms with Crippen LogP contribution in [0.4, 0.5) is 4.39 Å². The zero-order chi connectivity index (χ0) is 12.8. The second kappa shape index (κ2) is 6.91. The van der Waals surface area contributed by atoms with Gasteiger partial charge in [0.2, 0.25) is 0 Å². The molecule has 0 aliphatic heterocycles. The molecule has 5 heteroatoms. The number of aliphatic hydroxyl groups excluding tert-OH is 1. The first-order valence-corrected chi connectivity index (χ1v) is 5.77. The van der Waals surface area contributed by atoms with Crippen molar-refractivity contribution in [2.24, 2.45) is 0 Å². The smallest absolute Gasteiger partial charge is 0.142 e. The molecule has 0 saturated carbocycles. The van der Waals surface area contributed by atoms with Crippen LogP contribution in [0.25, 0.3) is 0 Å². The van der Waals surface area contributed by atoms with Gasteiger partial charge in [-0.15, -0.1) is 0 Å². The molecule has 1 rings (SSSR count). The summed E-state index contributed by atoms with van der Waals surface area (Å²) >= 11 is 5.61. The minimum absolute atomic E-state index is 0.0656. The van der Waals surface area contributed by atoms with Gasteiger partial charge in [0.1, 0.15) is 5.82 Å². The molecule has 0 fully saturated rings. The topological polar surface area (TPSA) is 41.5 Å². The molecule has 0 aliphatic rings. The summed E-state index contributed by atoms with van der Waals surface area (Å²) in [6.07, 6.45) is 0. The van der Waals surface area contributed by atoms with Gasteiger partial charge in [-0.25, -0.2) is 4.39 Å². The fourth-order valence-electron chi connectivity index (χ4n) is 1.63. The Morgan fingerprint density at radius 2 is 2.24 bits per heavy atom. The number of aliphatic hydroxyl groups is 1. The van der Waals surface area contributed by atoms with Crippen LogP contribution >= 0.6 is 11.6 Å². The quantitative estimate of drug-likeness (QED) is 0.824. The number of halogens is 2. The van der Waals surface area contributed by atoms with Gasteiger partial charge < -0.3 is 15.2 Å². The van der Waals surface area contributed by atoms with Crippen molar-refractivity contribution in [1.29, 1.82) is 0 Å². The Balaban J connectivity index is 2.75. The van der Waals surface area contributed by atoms with Crippen LogP contribution in [0.5, 0.6) is 0 Å². The lowest BCUT2D eigenvalue weighted by Gasteiger charge is -2.21. The molecular formula is C12H17ClFNO2. The zero-order valence-electron chi connectivity index (χ0n) is 9.91. The molecule has 0 amide bonds. The van der Waals surface area contributed by atoms with Gasteiger partial charge >= 0.3 is 0 Å². The van der Waals surface area contributed by atoms with Gasteiger partial charge in [-0.3, -0.25) is 0 Å². The van der Waals surface area contributed by atoms with Crippen molar-refractivity contribution in [2.45, 2.75) is 19.0 Å². The Bertz CT molecular complexity index is 362. The summed E-state index contributed by atoms with van der Waals surface area (Å²) in [6.45, 7) is 2.33. The number of rotatable bonds is 6. The number of hydrogen-bond donors (Lipinski definition) is 2. The van der Waals surface area contributed by atoms with Gasteiger partial charge in [0.25, 0.3) is 0 Å². The van der Waals surface area contributed by atoms with Crippen molar-refractivity contribution >= 4 is 11.6 Å². The zero-order valence-corrected chi connectivity index (χ0v) is 10.7. The summed E-state index contributed by atoms with van der Waals surface area (Å²) in [5, 5.41) is 12.5. The Morgan fingerprint density at radius 1 is 1.53 bits per heavy atom. The van der Waals surface area contributed by atoms with E-state index < -0.39 is 5.82 Å². The summed E-state index contributed by atoms with van der Waals surface area (Å²) in [5.74, 6) is -0.483. The molecule has 2 N–H and O–H groups in total. The van der Waals surface area contributed by atoms with E-state index in [0.29, 0.717) is 12.2 Å². The average molecular weight is 262 g/mol. The maximum atomic E-state index is 13.3. The van der Waals surface area contributed by atoms with Gasteiger partial charge in [-0.05, 0) is 24.6 Å². The van der Waals surface area contributed by atoms with Crippen molar-refractivity contribution in [2.75, 3.05) is 20.3 Å². The molecule has 1 aromatic carbocycles. The third-order valence-electron chi connectivity index (χ3n) is 2.43. The molecule has 96 valence electrons. The van der Waals surface area contributed by atoms with E-state index in [-0.39, 0.29) is 23.7 Å². The highest BCUT2D eigenvalue weighted by Gasteiger charge is 2.14. The lowest BCUT2D eigenvalue weighted by molar-refractivity contribution is 0.154. The van der Waals surface area contributed by atoms with Gasteiger partial charge in [-0.1, -0.05) is 17.7 Å². The largest absolute Gasteiger partial charge is 0.394 e. The van der Waals surface area contributed by atoms with E-state index in [4.69, 9.17) is 16.3 Å². The van der Waals surface area contributed by atoms with Crippen molar-refractivity contribution in [3.05, 3.63) is 34.6 Å². The fourth-order valence-corrected chi connectivity index (χ4v) is 1.74. The fraction of sp³-hybridized carbons (Fsp3) is 0.500. The Morgan fingerprint density at radius 3 is 2.76 bits per heavy atom. The van der Waals surface area contributed by atoms with Crippen LogP contribution in [0.15, 0.2) is 18.2 Å². The minimum atomic E-state index is -0.483. The molecule has 0 heterocycles. The molecule has 0 radical (unpaired) electrons. The van der Waals surface area contributed by atoms with Crippen molar-refractivity contribution in [1.82, 2.24) is 5.32 Å². The van der Waals surface area contributed by atoms with Crippen LogP contribution in [0.2, 0.25) is 5.02 Å². The highest BCUT2D eigenvalue weighted by atomic mass is 35.5. The van der Waals surface area contributed by atoms with E-state index in [2.05, 4.69) is 5.32 Å². The molecule has 1 aromatic rings. The van der Waals surface area contributed by atoms with Gasteiger partial charge in [-0.2, -0.15) is 0 Å². The van der Waals surface area contributed by atoms with Crippen LogP contribution in [-0.2, 0) is 4.74 Å². The highest BCUT2D eigenvalue weighted by Crippen LogP contribution is 2.20. The van der Waals surface area contributed by atoms with Crippen LogP contribution in [0.3, 0.4) is 0 Å². The molecule has 2 atom stereocenters. The Hall–Kier alpha value is -0.680. The first kappa shape index (κ1) is 14.4. The van der Waals surface area contributed by atoms with Crippen molar-refractivity contribution in [3.63, 3.8) is 0 Å². The predicted molar refractivity (Wildman–Crippen MR) is 65.7 cm³/mol. The lowest BCUT2D eigenvalue weighted by atomic mass is 10.1. The van der Waals surface area contributed by atoms with Crippen LogP contribution < -0.4 is 5.32 Å². The minimum Gasteiger partial charge on any atom is -0.394 e. The molecule has 0 aromatic heterocycles. The first-order valence-electron chi connectivity index (χ1n) is 5.39. The van der Waals surface area contributed by atoms with E-state index in [9.17, 15) is 9.50 Å². The van der Waals surface area contributed by atoms with Gasteiger partial charge in [0.15, 0.2) is 0 Å². The normalized spacial score (nSPS) is 14.6. The Kier molecular flexibility index (Phi) is 5.85. The van der Waals surface area contributed by atoms with E-state index in [0.717, 1.165) is 0 Å². The summed E-state index contributed by atoms with van der Waals surface area (Å²) < 4.78 is 18.3. The van der Waals surface area contributed by atoms with Crippen LogP contribution in [0.1, 0.15) is 18.5 Å². The maximum absolute atomic E-state index is 13.3. The molecule has 0 saturated heterocycles. The summed E-state index contributed by atoms with van der Waals surface area (Å²) in [5.41, 5.74) is 0.664. The van der Waals surface area contributed by atoms with E-state index >= 15 is 0 Å². The monoisotopic (exact) mass is 261 g/mol. The second-order valence-corrected chi connectivity index (χ2v) is 4.34. The van der Waals surface area contributed by atoms with Gasteiger partial charge in [0, 0.05) is 13.2 Å². The third-order valence-corrected chi connectivity index (χ3v) is 2.74. The summed E-state index contributed by atoms with van der Waals surface area (Å²) in [6, 6.07) is 4.24. The van der Waals surface area contributed by atoms with Crippen molar-refractivity contribution in [3.8, 4) is 0 Å². The van der Waals surface area contributed by atoms with E-state index in [1.807, 2.05) is 6.92 Å². The molecule has 0 bridgehead atoms. The number of benzene rings is 1. The van der Waals surface area contributed by atoms with Crippen molar-refractivity contribution < 1.29 is 14.2 Å². The number of nitrogens with one attached hydrogen (secondary N) is 1. The van der Waals surface area contributed by atoms with Crippen LogP contribution in [0, 0.1) is 5.82 Å². The molecule has 0 unspecified atom stereocenters. The Labute approximate surface area is 106 Å². The third kappa shape index (κ3) is 4.24. The standard InChI is InChI=1S/C12H17ClFNO2/c1-8(7-17-2)15-12(6-16)9-3-4-10(13)11(14)5-9/h3-5,8,12,15-16H,6-7H2,1-2H3/t8-,12+/m1/s1. The molecule has 17 heavy (non-hydrogen) atoms. The molecule has 0 aliphatic carbocycles. The number of hydrogen-bond acceptors (Lipinski definition) is 3.